The first-order chi connectivity index (χ1) is 9.65. The second-order valence-corrected chi connectivity index (χ2v) is 4.72. The molecule has 0 aliphatic carbocycles. The van der Waals surface area contributed by atoms with Crippen molar-refractivity contribution < 1.29 is 9.53 Å². The molecule has 5 nitrogen and oxygen atoms in total. The van der Waals surface area contributed by atoms with Gasteiger partial charge in [0.05, 0.1) is 29.3 Å². The van der Waals surface area contributed by atoms with Gasteiger partial charge in [0.15, 0.2) is 4.77 Å². The molecule has 0 aliphatic rings. The van der Waals surface area contributed by atoms with Crippen LogP contribution < -0.4 is 0 Å². The Hall–Kier alpha value is -2.13. The minimum Gasteiger partial charge on any atom is -0.466 e. The standard InChI is InChI=1S/C14H15N3O2S/c1-2-19-13(18)4-3-7-17-12-8-10(9-15)5-6-11(12)16-14(17)20/h5-6,8H,2-4,7H2,1H3,(H,16,20). The van der Waals surface area contributed by atoms with Crippen LogP contribution >= 0.6 is 12.2 Å². The minimum absolute atomic E-state index is 0.198. The van der Waals surface area contributed by atoms with E-state index in [1.807, 2.05) is 10.6 Å². The molecule has 1 heterocycles. The van der Waals surface area contributed by atoms with Crippen LogP contribution in [0.1, 0.15) is 25.3 Å². The predicted octanol–water partition coefficient (Wildman–Crippen LogP) is 2.91. The van der Waals surface area contributed by atoms with E-state index in [0.29, 0.717) is 36.3 Å². The van der Waals surface area contributed by atoms with E-state index in [1.165, 1.54) is 0 Å². The summed E-state index contributed by atoms with van der Waals surface area (Å²) in [6.07, 6.45) is 1.01. The molecular weight excluding hydrogens is 274 g/mol. The molecule has 1 aromatic heterocycles. The smallest absolute Gasteiger partial charge is 0.305 e. The van der Waals surface area contributed by atoms with Gasteiger partial charge in [0.25, 0.3) is 0 Å². The van der Waals surface area contributed by atoms with E-state index < -0.39 is 0 Å². The molecule has 104 valence electrons. The molecule has 1 N–H and O–H groups in total. The third-order valence-electron chi connectivity index (χ3n) is 2.97. The molecule has 0 atom stereocenters. The molecule has 2 aromatic rings. The largest absolute Gasteiger partial charge is 0.466 e. The number of carbonyl (C=O) groups is 1. The molecule has 0 spiro atoms. The summed E-state index contributed by atoms with van der Waals surface area (Å²) in [6, 6.07) is 7.49. The molecule has 2 rings (SSSR count). The van der Waals surface area contributed by atoms with Crippen LogP contribution in [0.4, 0.5) is 0 Å². The maximum atomic E-state index is 11.3. The van der Waals surface area contributed by atoms with E-state index in [1.54, 1.807) is 19.1 Å². The van der Waals surface area contributed by atoms with Crippen molar-refractivity contribution in [1.82, 2.24) is 9.55 Å². The zero-order chi connectivity index (χ0) is 14.5. The second kappa shape index (κ2) is 6.35. The summed E-state index contributed by atoms with van der Waals surface area (Å²) in [5.41, 5.74) is 2.37. The number of aromatic amines is 1. The fourth-order valence-corrected chi connectivity index (χ4v) is 2.36. The molecule has 0 saturated carbocycles. The van der Waals surface area contributed by atoms with E-state index in [-0.39, 0.29) is 5.97 Å². The van der Waals surface area contributed by atoms with E-state index in [0.717, 1.165) is 11.0 Å². The highest BCUT2D eigenvalue weighted by molar-refractivity contribution is 7.71. The molecule has 0 fully saturated rings. The average molecular weight is 289 g/mol. The van der Waals surface area contributed by atoms with Crippen LogP contribution in [-0.4, -0.2) is 22.1 Å². The van der Waals surface area contributed by atoms with Crippen LogP contribution in [0.25, 0.3) is 11.0 Å². The Kier molecular flexibility index (Phi) is 4.53. The summed E-state index contributed by atoms with van der Waals surface area (Å²) in [7, 11) is 0. The zero-order valence-corrected chi connectivity index (χ0v) is 12.0. The van der Waals surface area contributed by atoms with Crippen molar-refractivity contribution in [3.8, 4) is 6.07 Å². The van der Waals surface area contributed by atoms with E-state index in [2.05, 4.69) is 11.1 Å². The molecule has 0 aliphatic heterocycles. The molecule has 20 heavy (non-hydrogen) atoms. The summed E-state index contributed by atoms with van der Waals surface area (Å²) < 4.78 is 7.39. The lowest BCUT2D eigenvalue weighted by Gasteiger charge is -2.05. The van der Waals surface area contributed by atoms with Gasteiger partial charge in [-0.15, -0.1) is 0 Å². The molecule has 6 heteroatoms. The molecular formula is C14H15N3O2S. The highest BCUT2D eigenvalue weighted by atomic mass is 32.1. The van der Waals surface area contributed by atoms with Gasteiger partial charge in [-0.1, -0.05) is 0 Å². The van der Waals surface area contributed by atoms with Gasteiger partial charge in [-0.25, -0.2) is 0 Å². The summed E-state index contributed by atoms with van der Waals surface area (Å²) in [5, 5.41) is 8.95. The number of hydrogen-bond acceptors (Lipinski definition) is 4. The molecule has 0 saturated heterocycles. The van der Waals surface area contributed by atoms with E-state index in [9.17, 15) is 4.79 Å². The number of nitrogens with zero attached hydrogens (tertiary/aromatic N) is 2. The second-order valence-electron chi connectivity index (χ2n) is 4.33. The number of carbonyl (C=O) groups excluding carboxylic acids is 1. The fraction of sp³-hybridized carbons (Fsp3) is 0.357. The predicted molar refractivity (Wildman–Crippen MR) is 77.7 cm³/mol. The first kappa shape index (κ1) is 14.3. The first-order valence-corrected chi connectivity index (χ1v) is 6.85. The van der Waals surface area contributed by atoms with Crippen molar-refractivity contribution in [2.24, 2.45) is 0 Å². The van der Waals surface area contributed by atoms with Gasteiger partial charge in [0, 0.05) is 13.0 Å². The molecule has 1 aromatic carbocycles. The van der Waals surface area contributed by atoms with Crippen molar-refractivity contribution in [2.75, 3.05) is 6.61 Å². The van der Waals surface area contributed by atoms with Crippen LogP contribution in [0, 0.1) is 16.1 Å². The SMILES string of the molecule is CCOC(=O)CCCn1c(=S)[nH]c2ccc(C#N)cc21. The zero-order valence-electron chi connectivity index (χ0n) is 11.2. The number of nitrogens with one attached hydrogen (secondary N) is 1. The fourth-order valence-electron chi connectivity index (χ4n) is 2.06. The van der Waals surface area contributed by atoms with Crippen LogP contribution in [0.5, 0.6) is 0 Å². The van der Waals surface area contributed by atoms with Crippen LogP contribution in [-0.2, 0) is 16.1 Å². The maximum Gasteiger partial charge on any atom is 0.305 e. The Morgan fingerprint density at radius 1 is 1.55 bits per heavy atom. The van der Waals surface area contributed by atoms with Crippen LogP contribution in [0.15, 0.2) is 18.2 Å². The van der Waals surface area contributed by atoms with E-state index in [4.69, 9.17) is 22.2 Å². The molecule has 0 radical (unpaired) electrons. The lowest BCUT2D eigenvalue weighted by Crippen LogP contribution is -2.06. The first-order valence-electron chi connectivity index (χ1n) is 6.44. The number of rotatable bonds is 5. The number of ether oxygens (including phenoxy) is 1. The monoisotopic (exact) mass is 289 g/mol. The van der Waals surface area contributed by atoms with E-state index >= 15 is 0 Å². The Morgan fingerprint density at radius 2 is 2.35 bits per heavy atom. The van der Waals surface area contributed by atoms with Crippen molar-refractivity contribution in [1.29, 1.82) is 5.26 Å². The van der Waals surface area contributed by atoms with Gasteiger partial charge in [0.2, 0.25) is 0 Å². The van der Waals surface area contributed by atoms with Gasteiger partial charge < -0.3 is 14.3 Å². The lowest BCUT2D eigenvalue weighted by atomic mass is 10.2. The topological polar surface area (TPSA) is 70.8 Å². The molecule has 0 bridgehead atoms. The number of esters is 1. The number of hydrogen-bond donors (Lipinski definition) is 1. The van der Waals surface area contributed by atoms with Gasteiger partial charge in [0.1, 0.15) is 0 Å². The molecule has 0 unspecified atom stereocenters. The van der Waals surface area contributed by atoms with Gasteiger partial charge in [-0.3, -0.25) is 4.79 Å². The Morgan fingerprint density at radius 3 is 3.05 bits per heavy atom. The van der Waals surface area contributed by atoms with Gasteiger partial charge in [-0.2, -0.15) is 5.26 Å². The normalized spacial score (nSPS) is 10.4. The van der Waals surface area contributed by atoms with Crippen LogP contribution in [0.3, 0.4) is 0 Å². The summed E-state index contributed by atoms with van der Waals surface area (Å²) >= 11 is 5.27. The van der Waals surface area contributed by atoms with Crippen molar-refractivity contribution in [3.63, 3.8) is 0 Å². The lowest BCUT2D eigenvalue weighted by molar-refractivity contribution is -0.143. The maximum absolute atomic E-state index is 11.3. The quantitative estimate of drug-likeness (QED) is 0.678. The Bertz CT molecular complexity index is 724. The van der Waals surface area contributed by atoms with Crippen molar-refractivity contribution in [2.45, 2.75) is 26.3 Å². The van der Waals surface area contributed by atoms with Crippen molar-refractivity contribution in [3.05, 3.63) is 28.5 Å². The summed E-state index contributed by atoms with van der Waals surface area (Å²) in [4.78, 5) is 14.4. The number of aryl methyl sites for hydroxylation is 1. The number of fused-ring (bicyclic) bond motifs is 1. The highest BCUT2D eigenvalue weighted by Gasteiger charge is 2.07. The van der Waals surface area contributed by atoms with Gasteiger partial charge >= 0.3 is 5.97 Å². The molecule has 0 amide bonds. The number of aromatic nitrogens is 2. The summed E-state index contributed by atoms with van der Waals surface area (Å²) in [5.74, 6) is -0.198. The van der Waals surface area contributed by atoms with Crippen LogP contribution in [0.2, 0.25) is 0 Å². The highest BCUT2D eigenvalue weighted by Crippen LogP contribution is 2.16. The van der Waals surface area contributed by atoms with Crippen molar-refractivity contribution >= 4 is 29.2 Å². The number of imidazole rings is 1. The average Bonchev–Trinajstić information content (AvgIpc) is 2.74. The Balaban J connectivity index is 2.17. The number of H-pyrrole nitrogens is 1. The Labute approximate surface area is 121 Å². The van der Waals surface area contributed by atoms with Gasteiger partial charge in [-0.05, 0) is 43.8 Å². The number of benzene rings is 1. The minimum atomic E-state index is -0.198. The number of nitriles is 1. The third-order valence-corrected chi connectivity index (χ3v) is 3.29. The third kappa shape index (κ3) is 3.06. The summed E-state index contributed by atoms with van der Waals surface area (Å²) in [6.45, 7) is 2.81.